The van der Waals surface area contributed by atoms with Crippen LogP contribution in [0, 0.1) is 5.41 Å². The Bertz CT molecular complexity index is 740. The Balaban J connectivity index is 1.93. The summed E-state index contributed by atoms with van der Waals surface area (Å²) in [6, 6.07) is 1.97. The van der Waals surface area contributed by atoms with E-state index in [2.05, 4.69) is 25.9 Å². The average Bonchev–Trinajstić information content (AvgIpc) is 2.95. The summed E-state index contributed by atoms with van der Waals surface area (Å²) in [6.45, 7) is 2.03. The summed E-state index contributed by atoms with van der Waals surface area (Å²) in [5.41, 5.74) is 0.597. The van der Waals surface area contributed by atoms with Gasteiger partial charge in [0.05, 0.1) is 0 Å². The summed E-state index contributed by atoms with van der Waals surface area (Å²) in [6.07, 6.45) is 6.29. The van der Waals surface area contributed by atoms with Crippen molar-refractivity contribution < 1.29 is 4.79 Å². The van der Waals surface area contributed by atoms with Crippen molar-refractivity contribution in [2.75, 3.05) is 7.05 Å². The lowest BCUT2D eigenvalue weighted by molar-refractivity contribution is -0.128. The molecule has 1 amide bonds. The minimum atomic E-state index is -0.351. The highest BCUT2D eigenvalue weighted by atomic mass is 79.9. The first-order chi connectivity index (χ1) is 10.4. The molecule has 1 atom stereocenters. The number of aromatic nitrogens is 2. The Morgan fingerprint density at radius 1 is 1.36 bits per heavy atom. The lowest BCUT2D eigenvalue weighted by Gasteiger charge is -2.36. The molecule has 0 radical (unpaired) electrons. The fourth-order valence-corrected chi connectivity index (χ4v) is 3.95. The molecule has 1 N–H and O–H groups in total. The first-order valence-electron chi connectivity index (χ1n) is 6.80. The molecule has 1 aliphatic heterocycles. The second-order valence-electron chi connectivity index (χ2n) is 5.74. The third-order valence-corrected chi connectivity index (χ3v) is 5.72. The van der Waals surface area contributed by atoms with Crippen LogP contribution < -0.4 is 0 Å². The lowest BCUT2D eigenvalue weighted by Crippen LogP contribution is -2.46. The summed E-state index contributed by atoms with van der Waals surface area (Å²) in [5.74, 6) is 0.343. The van der Waals surface area contributed by atoms with E-state index in [1.165, 1.54) is 4.90 Å². The number of pyridine rings is 1. The van der Waals surface area contributed by atoms with E-state index in [1.54, 1.807) is 30.8 Å². The van der Waals surface area contributed by atoms with E-state index in [4.69, 9.17) is 5.41 Å². The van der Waals surface area contributed by atoms with Gasteiger partial charge in [0.2, 0.25) is 5.91 Å². The highest BCUT2D eigenvalue weighted by Gasteiger charge is 2.39. The number of hydrogen-bond acceptors (Lipinski definition) is 5. The minimum absolute atomic E-state index is 0.0159. The number of amidine groups is 1. The van der Waals surface area contributed by atoms with Gasteiger partial charge in [0.25, 0.3) is 0 Å². The van der Waals surface area contributed by atoms with Crippen molar-refractivity contribution in [1.82, 2.24) is 14.9 Å². The number of halogens is 1. The highest BCUT2D eigenvalue weighted by molar-refractivity contribution is 9.10. The van der Waals surface area contributed by atoms with Crippen molar-refractivity contribution in [3.63, 3.8) is 0 Å². The number of rotatable bonds is 2. The normalized spacial score (nSPS) is 22.2. The molecule has 0 unspecified atom stereocenters. The zero-order chi connectivity index (χ0) is 15.9. The van der Waals surface area contributed by atoms with Crippen LogP contribution in [-0.2, 0) is 10.2 Å². The van der Waals surface area contributed by atoms with Crippen LogP contribution in [0.2, 0.25) is 0 Å². The van der Waals surface area contributed by atoms with Crippen LogP contribution in [0.5, 0.6) is 0 Å². The molecule has 2 aromatic rings. The lowest BCUT2D eigenvalue weighted by atomic mass is 9.78. The molecule has 22 heavy (non-hydrogen) atoms. The van der Waals surface area contributed by atoms with E-state index in [0.717, 1.165) is 19.9 Å². The van der Waals surface area contributed by atoms with Crippen LogP contribution in [0.25, 0.3) is 10.6 Å². The SMILES string of the molecule is CN1C(=N)C[C@](C)(c2cnc(-c3cncc(Br)c3)s2)CC1=O. The summed E-state index contributed by atoms with van der Waals surface area (Å²) in [5, 5.41) is 8.88. The van der Waals surface area contributed by atoms with Gasteiger partial charge in [-0.1, -0.05) is 6.92 Å². The van der Waals surface area contributed by atoms with Gasteiger partial charge in [-0.05, 0) is 22.0 Å². The number of nitrogens with zero attached hydrogens (tertiary/aromatic N) is 3. The molecule has 0 saturated carbocycles. The standard InChI is InChI=1S/C15H15BrN4OS/c1-15(4-12(17)20(2)13(21)5-15)11-8-19-14(22-11)9-3-10(16)7-18-6-9/h3,6-8,17H,4-5H2,1-2H3/t15-/m0/s1. The van der Waals surface area contributed by atoms with E-state index >= 15 is 0 Å². The zero-order valence-corrected chi connectivity index (χ0v) is 14.7. The second-order valence-corrected chi connectivity index (χ2v) is 7.68. The summed E-state index contributed by atoms with van der Waals surface area (Å²) in [7, 11) is 1.66. The molecule has 114 valence electrons. The predicted octanol–water partition coefficient (Wildman–Crippen LogP) is 3.45. The maximum absolute atomic E-state index is 12.1. The molecule has 1 aliphatic rings. The van der Waals surface area contributed by atoms with Gasteiger partial charge in [-0.25, -0.2) is 4.98 Å². The van der Waals surface area contributed by atoms with E-state index in [9.17, 15) is 4.79 Å². The molecule has 0 aromatic carbocycles. The molecule has 3 rings (SSSR count). The molecular weight excluding hydrogens is 364 g/mol. The third kappa shape index (κ3) is 2.70. The van der Waals surface area contributed by atoms with Crippen molar-refractivity contribution in [3.05, 3.63) is 34.0 Å². The van der Waals surface area contributed by atoms with Gasteiger partial charge < -0.3 is 4.90 Å². The van der Waals surface area contributed by atoms with E-state index in [1.807, 2.05) is 19.2 Å². The van der Waals surface area contributed by atoms with Gasteiger partial charge in [-0.2, -0.15) is 0 Å². The van der Waals surface area contributed by atoms with Gasteiger partial charge in [-0.3, -0.25) is 15.2 Å². The number of carbonyl (C=O) groups excluding carboxylic acids is 1. The molecule has 3 heterocycles. The van der Waals surface area contributed by atoms with Gasteiger partial charge in [0.15, 0.2) is 0 Å². The van der Waals surface area contributed by atoms with Crippen molar-refractivity contribution in [2.45, 2.75) is 25.2 Å². The largest absolute Gasteiger partial charge is 0.304 e. The van der Waals surface area contributed by atoms with Crippen LogP contribution in [0.3, 0.4) is 0 Å². The molecule has 1 fully saturated rings. The van der Waals surface area contributed by atoms with Gasteiger partial charge in [0.1, 0.15) is 10.8 Å². The first kappa shape index (κ1) is 15.3. The number of hydrogen-bond donors (Lipinski definition) is 1. The molecule has 7 heteroatoms. The van der Waals surface area contributed by atoms with Crippen LogP contribution in [0.1, 0.15) is 24.6 Å². The fraction of sp³-hybridized carbons (Fsp3) is 0.333. The Hall–Kier alpha value is -1.60. The predicted molar refractivity (Wildman–Crippen MR) is 90.1 cm³/mol. The van der Waals surface area contributed by atoms with Crippen LogP contribution >= 0.6 is 27.3 Å². The third-order valence-electron chi connectivity index (χ3n) is 3.93. The van der Waals surface area contributed by atoms with Crippen LogP contribution in [0.15, 0.2) is 29.1 Å². The summed E-state index contributed by atoms with van der Waals surface area (Å²) < 4.78 is 0.907. The number of carbonyl (C=O) groups is 1. The first-order valence-corrected chi connectivity index (χ1v) is 8.41. The quantitative estimate of drug-likeness (QED) is 0.869. The number of likely N-dealkylation sites (tertiary alicyclic amines) is 1. The maximum Gasteiger partial charge on any atom is 0.228 e. The van der Waals surface area contributed by atoms with Crippen molar-refractivity contribution in [2.24, 2.45) is 0 Å². The average molecular weight is 379 g/mol. The molecular formula is C15H15BrN4OS. The Morgan fingerprint density at radius 2 is 2.14 bits per heavy atom. The van der Waals surface area contributed by atoms with Crippen molar-refractivity contribution >= 4 is 39.0 Å². The minimum Gasteiger partial charge on any atom is -0.304 e. The molecule has 1 saturated heterocycles. The summed E-state index contributed by atoms with van der Waals surface area (Å²) >= 11 is 4.98. The molecule has 5 nitrogen and oxygen atoms in total. The molecule has 0 bridgehead atoms. The van der Waals surface area contributed by atoms with E-state index in [0.29, 0.717) is 18.7 Å². The number of thiazole rings is 1. The van der Waals surface area contributed by atoms with Gasteiger partial charge >= 0.3 is 0 Å². The topological polar surface area (TPSA) is 69.9 Å². The smallest absolute Gasteiger partial charge is 0.228 e. The summed E-state index contributed by atoms with van der Waals surface area (Å²) in [4.78, 5) is 23.2. The van der Waals surface area contributed by atoms with Crippen molar-refractivity contribution in [3.8, 4) is 10.6 Å². The van der Waals surface area contributed by atoms with Gasteiger partial charge in [-0.15, -0.1) is 11.3 Å². The fourth-order valence-electron chi connectivity index (χ4n) is 2.54. The highest BCUT2D eigenvalue weighted by Crippen LogP contribution is 2.40. The maximum atomic E-state index is 12.1. The van der Waals surface area contributed by atoms with Crippen molar-refractivity contribution in [1.29, 1.82) is 5.41 Å². The van der Waals surface area contributed by atoms with Gasteiger partial charge in [0, 0.05) is 58.8 Å². The van der Waals surface area contributed by atoms with E-state index < -0.39 is 0 Å². The Kier molecular flexibility index (Phi) is 3.86. The van der Waals surface area contributed by atoms with Crippen LogP contribution in [0.4, 0.5) is 0 Å². The Morgan fingerprint density at radius 3 is 2.82 bits per heavy atom. The molecule has 2 aromatic heterocycles. The zero-order valence-electron chi connectivity index (χ0n) is 12.3. The number of piperidine rings is 1. The number of amides is 1. The van der Waals surface area contributed by atoms with Crippen LogP contribution in [-0.4, -0.2) is 33.7 Å². The van der Waals surface area contributed by atoms with E-state index in [-0.39, 0.29) is 11.3 Å². The number of nitrogens with one attached hydrogen (secondary N) is 1. The molecule has 0 aliphatic carbocycles. The molecule has 0 spiro atoms. The second kappa shape index (κ2) is 5.55. The Labute approximate surface area is 141 Å². The monoisotopic (exact) mass is 378 g/mol.